The van der Waals surface area contributed by atoms with Crippen LogP contribution in [0.2, 0.25) is 0 Å². The first-order valence-electron chi connectivity index (χ1n) is 7.01. The van der Waals surface area contributed by atoms with E-state index in [4.69, 9.17) is 14.2 Å². The highest BCUT2D eigenvalue weighted by Gasteiger charge is 2.22. The van der Waals surface area contributed by atoms with Crippen LogP contribution in [-0.4, -0.2) is 40.3 Å². The Labute approximate surface area is 136 Å². The zero-order valence-electron chi connectivity index (χ0n) is 13.1. The van der Waals surface area contributed by atoms with Gasteiger partial charge >= 0.3 is 0 Å². The third-order valence-electron chi connectivity index (χ3n) is 3.60. The molecule has 0 spiro atoms. The quantitative estimate of drug-likeness (QED) is 0.865. The van der Waals surface area contributed by atoms with Gasteiger partial charge in [-0.1, -0.05) is 0 Å². The van der Waals surface area contributed by atoms with Gasteiger partial charge in [0.2, 0.25) is 11.7 Å². The van der Waals surface area contributed by atoms with Gasteiger partial charge < -0.3 is 24.8 Å². The van der Waals surface area contributed by atoms with Crippen LogP contribution in [0.15, 0.2) is 12.1 Å². The monoisotopic (exact) mass is 330 g/mol. The highest BCUT2D eigenvalue weighted by molar-refractivity contribution is 5.93. The highest BCUT2D eigenvalue weighted by atomic mass is 35.5. The molecule has 0 radical (unpaired) electrons. The van der Waals surface area contributed by atoms with Crippen LogP contribution in [0.4, 0.5) is 5.69 Å². The van der Waals surface area contributed by atoms with Gasteiger partial charge in [0, 0.05) is 24.4 Å². The molecule has 2 N–H and O–H groups in total. The molecule has 0 aromatic heterocycles. The predicted octanol–water partition coefficient (Wildman–Crippen LogP) is 2.07. The number of amides is 1. The van der Waals surface area contributed by atoms with Gasteiger partial charge in [-0.25, -0.2) is 0 Å². The molecule has 1 heterocycles. The largest absolute Gasteiger partial charge is 0.493 e. The maximum atomic E-state index is 12.3. The second-order valence-corrected chi connectivity index (χ2v) is 4.95. The number of ether oxygens (including phenoxy) is 3. The van der Waals surface area contributed by atoms with Crippen molar-refractivity contribution < 1.29 is 19.0 Å². The molecule has 1 amide bonds. The first-order valence-corrected chi connectivity index (χ1v) is 7.01. The van der Waals surface area contributed by atoms with Crippen LogP contribution in [0, 0.1) is 5.92 Å². The predicted molar refractivity (Wildman–Crippen MR) is 87.6 cm³/mol. The van der Waals surface area contributed by atoms with Gasteiger partial charge in [-0.3, -0.25) is 4.79 Å². The maximum absolute atomic E-state index is 12.3. The number of halogens is 1. The summed E-state index contributed by atoms with van der Waals surface area (Å²) in [6, 6.07) is 3.46. The van der Waals surface area contributed by atoms with Crippen LogP contribution < -0.4 is 24.8 Å². The number of methoxy groups -OCH3 is 3. The van der Waals surface area contributed by atoms with E-state index in [1.807, 2.05) is 0 Å². The first kappa shape index (κ1) is 18.4. The molecule has 124 valence electrons. The zero-order valence-corrected chi connectivity index (χ0v) is 13.9. The molecule has 1 atom stereocenters. The SMILES string of the molecule is COc1cc(NC(=O)C2CCCNC2)cc(OC)c1OC.Cl. The lowest BCUT2D eigenvalue weighted by molar-refractivity contribution is -0.120. The average Bonchev–Trinajstić information content (AvgIpc) is 2.54. The molecule has 1 unspecified atom stereocenters. The minimum atomic E-state index is -0.00200. The van der Waals surface area contributed by atoms with Crippen molar-refractivity contribution >= 4 is 24.0 Å². The number of anilines is 1. The molecule has 1 aromatic carbocycles. The van der Waals surface area contributed by atoms with Crippen molar-refractivity contribution in [2.45, 2.75) is 12.8 Å². The minimum absolute atomic E-state index is 0. The standard InChI is InChI=1S/C15H22N2O4.ClH/c1-19-12-7-11(8-13(20-2)14(12)21-3)17-15(18)10-5-4-6-16-9-10;/h7-8,10,16H,4-6,9H2,1-3H3,(H,17,18);1H. The molecular weight excluding hydrogens is 308 g/mol. The van der Waals surface area contributed by atoms with Gasteiger partial charge in [0.1, 0.15) is 0 Å². The third-order valence-corrected chi connectivity index (χ3v) is 3.60. The van der Waals surface area contributed by atoms with E-state index >= 15 is 0 Å². The summed E-state index contributed by atoms with van der Waals surface area (Å²) in [5.74, 6) is 1.56. The van der Waals surface area contributed by atoms with Crippen molar-refractivity contribution in [3.05, 3.63) is 12.1 Å². The molecule has 1 aliphatic rings. The molecular formula is C15H23ClN2O4. The van der Waals surface area contributed by atoms with Crippen LogP contribution in [0.25, 0.3) is 0 Å². The molecule has 0 aliphatic carbocycles. The summed E-state index contributed by atoms with van der Waals surface area (Å²) >= 11 is 0. The molecule has 6 nitrogen and oxygen atoms in total. The Balaban J connectivity index is 0.00000242. The van der Waals surface area contributed by atoms with Crippen LogP contribution in [0.5, 0.6) is 17.2 Å². The van der Waals surface area contributed by atoms with Crippen molar-refractivity contribution in [3.63, 3.8) is 0 Å². The normalized spacial score (nSPS) is 17.1. The van der Waals surface area contributed by atoms with Crippen LogP contribution >= 0.6 is 12.4 Å². The van der Waals surface area contributed by atoms with E-state index in [1.165, 1.54) is 0 Å². The Bertz CT molecular complexity index is 479. The van der Waals surface area contributed by atoms with Gasteiger partial charge in [0.25, 0.3) is 0 Å². The van der Waals surface area contributed by atoms with Gasteiger partial charge in [-0.15, -0.1) is 12.4 Å². The smallest absolute Gasteiger partial charge is 0.228 e. The molecule has 7 heteroatoms. The van der Waals surface area contributed by atoms with Gasteiger partial charge in [-0.05, 0) is 19.4 Å². The van der Waals surface area contributed by atoms with E-state index in [2.05, 4.69) is 10.6 Å². The van der Waals surface area contributed by atoms with E-state index < -0.39 is 0 Å². The number of nitrogens with one attached hydrogen (secondary N) is 2. The molecule has 1 aromatic rings. The van der Waals surface area contributed by atoms with Crippen molar-refractivity contribution in [1.29, 1.82) is 0 Å². The summed E-state index contributed by atoms with van der Waals surface area (Å²) in [7, 11) is 4.65. The fourth-order valence-electron chi connectivity index (χ4n) is 2.47. The average molecular weight is 331 g/mol. The van der Waals surface area contributed by atoms with Crippen molar-refractivity contribution in [2.24, 2.45) is 5.92 Å². The second kappa shape index (κ2) is 8.70. The fourth-order valence-corrected chi connectivity index (χ4v) is 2.47. The van der Waals surface area contributed by atoms with Crippen molar-refractivity contribution in [1.82, 2.24) is 5.32 Å². The molecule has 1 saturated heterocycles. The van der Waals surface area contributed by atoms with E-state index in [-0.39, 0.29) is 24.2 Å². The third kappa shape index (κ3) is 4.18. The molecule has 0 bridgehead atoms. The second-order valence-electron chi connectivity index (χ2n) is 4.95. The highest BCUT2D eigenvalue weighted by Crippen LogP contribution is 2.40. The fraction of sp³-hybridized carbons (Fsp3) is 0.533. The van der Waals surface area contributed by atoms with E-state index in [9.17, 15) is 4.79 Å². The lowest BCUT2D eigenvalue weighted by Gasteiger charge is -2.22. The molecule has 1 aliphatic heterocycles. The van der Waals surface area contributed by atoms with Gasteiger partial charge in [0.15, 0.2) is 11.5 Å². The van der Waals surface area contributed by atoms with Crippen LogP contribution in [0.3, 0.4) is 0 Å². The number of rotatable bonds is 5. The summed E-state index contributed by atoms with van der Waals surface area (Å²) in [6.07, 6.45) is 1.93. The Hall–Kier alpha value is -1.66. The summed E-state index contributed by atoms with van der Waals surface area (Å²) in [5.41, 5.74) is 0.639. The van der Waals surface area contributed by atoms with E-state index in [0.29, 0.717) is 22.9 Å². The summed E-state index contributed by atoms with van der Waals surface area (Å²) in [6.45, 7) is 1.70. The van der Waals surface area contributed by atoms with Crippen molar-refractivity contribution in [3.8, 4) is 17.2 Å². The van der Waals surface area contributed by atoms with Crippen LogP contribution in [0.1, 0.15) is 12.8 Å². The molecule has 2 rings (SSSR count). The minimum Gasteiger partial charge on any atom is -0.493 e. The maximum Gasteiger partial charge on any atom is 0.228 e. The number of carbonyl (C=O) groups is 1. The summed E-state index contributed by atoms with van der Waals surface area (Å²) in [4.78, 5) is 12.3. The van der Waals surface area contributed by atoms with E-state index in [0.717, 1.165) is 25.9 Å². The lowest BCUT2D eigenvalue weighted by Crippen LogP contribution is -2.37. The number of piperidine rings is 1. The van der Waals surface area contributed by atoms with Gasteiger partial charge in [0.05, 0.1) is 27.2 Å². The Kier molecular flexibility index (Phi) is 7.27. The lowest BCUT2D eigenvalue weighted by atomic mass is 9.99. The molecule has 0 saturated carbocycles. The number of benzene rings is 1. The molecule has 22 heavy (non-hydrogen) atoms. The Morgan fingerprint density at radius 1 is 1.18 bits per heavy atom. The van der Waals surface area contributed by atoms with Gasteiger partial charge in [-0.2, -0.15) is 0 Å². The Morgan fingerprint density at radius 3 is 2.27 bits per heavy atom. The number of carbonyl (C=O) groups excluding carboxylic acids is 1. The number of hydrogen-bond donors (Lipinski definition) is 2. The van der Waals surface area contributed by atoms with Crippen LogP contribution in [-0.2, 0) is 4.79 Å². The topological polar surface area (TPSA) is 68.8 Å². The van der Waals surface area contributed by atoms with Crippen molar-refractivity contribution in [2.75, 3.05) is 39.7 Å². The van der Waals surface area contributed by atoms with E-state index in [1.54, 1.807) is 33.5 Å². The summed E-state index contributed by atoms with van der Waals surface area (Å²) < 4.78 is 15.8. The summed E-state index contributed by atoms with van der Waals surface area (Å²) in [5, 5.41) is 6.15. The first-order chi connectivity index (χ1) is 10.2. The molecule has 1 fully saturated rings. The zero-order chi connectivity index (χ0) is 15.2. The Morgan fingerprint density at radius 2 is 1.82 bits per heavy atom. The number of hydrogen-bond acceptors (Lipinski definition) is 5.